The predicted octanol–water partition coefficient (Wildman–Crippen LogP) is 2.70. The first-order valence-corrected chi connectivity index (χ1v) is 4.37. The maximum atomic E-state index is 11.7. The molecule has 0 atom stereocenters. The van der Waals surface area contributed by atoms with Gasteiger partial charge < -0.3 is 10.5 Å². The monoisotopic (exact) mass is 221 g/mol. The van der Waals surface area contributed by atoms with Crippen molar-refractivity contribution in [1.29, 1.82) is 0 Å². The number of ether oxygens (including phenoxy) is 1. The lowest BCUT2D eigenvalue weighted by molar-refractivity contribution is 0.0101. The van der Waals surface area contributed by atoms with Gasteiger partial charge in [0, 0.05) is 16.3 Å². The van der Waals surface area contributed by atoms with E-state index >= 15 is 0 Å². The molecule has 0 saturated heterocycles. The molecule has 0 spiro atoms. The third-order valence-corrected chi connectivity index (χ3v) is 1.84. The Balaban J connectivity index is 2.53. The van der Waals surface area contributed by atoms with Crippen LogP contribution in [0, 0.1) is 0 Å². The molecule has 0 aromatic heterocycles. The molecule has 1 aromatic carbocycles. The third kappa shape index (κ3) is 3.47. The summed E-state index contributed by atoms with van der Waals surface area (Å²) in [7, 11) is 0. The van der Waals surface area contributed by atoms with E-state index in [2.05, 4.69) is 0 Å². The normalized spacial score (nSPS) is 10.9. The molecule has 0 fully saturated rings. The highest BCUT2D eigenvalue weighted by atomic mass is 35.5. The number of halogens is 3. The van der Waals surface area contributed by atoms with Crippen LogP contribution in [0.1, 0.15) is 5.56 Å². The lowest BCUT2D eigenvalue weighted by Crippen LogP contribution is -2.05. The molecular weight excluding hydrogens is 212 g/mol. The number of hydrogen-bond acceptors (Lipinski definition) is 2. The summed E-state index contributed by atoms with van der Waals surface area (Å²) in [6.07, 6.45) is -2.46. The zero-order valence-electron chi connectivity index (χ0n) is 7.34. The topological polar surface area (TPSA) is 35.2 Å². The molecule has 0 saturated carbocycles. The first-order chi connectivity index (χ1) is 6.59. The molecule has 0 unspecified atom stereocenters. The van der Waals surface area contributed by atoms with E-state index in [1.807, 2.05) is 0 Å². The minimum Gasteiger partial charge on any atom is -0.398 e. The summed E-state index contributed by atoms with van der Waals surface area (Å²) >= 11 is 5.70. The maximum Gasteiger partial charge on any atom is 0.261 e. The van der Waals surface area contributed by atoms with Crippen molar-refractivity contribution < 1.29 is 13.5 Å². The van der Waals surface area contributed by atoms with Crippen LogP contribution in [0.25, 0.3) is 0 Å². The van der Waals surface area contributed by atoms with Crippen LogP contribution in [-0.4, -0.2) is 13.0 Å². The van der Waals surface area contributed by atoms with E-state index < -0.39 is 13.0 Å². The average Bonchev–Trinajstić information content (AvgIpc) is 2.10. The predicted molar refractivity (Wildman–Crippen MR) is 51.5 cm³/mol. The summed E-state index contributed by atoms with van der Waals surface area (Å²) in [6, 6.07) is 4.85. The molecule has 0 aliphatic carbocycles. The molecule has 78 valence electrons. The molecule has 0 aliphatic heterocycles. The fraction of sp³-hybridized carbons (Fsp3) is 0.333. The van der Waals surface area contributed by atoms with Crippen LogP contribution in [0.2, 0.25) is 5.02 Å². The minimum absolute atomic E-state index is 0.0523. The van der Waals surface area contributed by atoms with Crippen LogP contribution in [0.5, 0.6) is 0 Å². The Morgan fingerprint density at radius 1 is 1.43 bits per heavy atom. The van der Waals surface area contributed by atoms with Crippen LogP contribution in [0.3, 0.4) is 0 Å². The maximum absolute atomic E-state index is 11.7. The van der Waals surface area contributed by atoms with Crippen molar-refractivity contribution in [3.05, 3.63) is 28.8 Å². The van der Waals surface area contributed by atoms with Crippen molar-refractivity contribution in [2.24, 2.45) is 0 Å². The molecule has 1 aromatic rings. The van der Waals surface area contributed by atoms with Crippen molar-refractivity contribution in [3.8, 4) is 0 Å². The van der Waals surface area contributed by atoms with E-state index in [4.69, 9.17) is 22.1 Å². The standard InChI is InChI=1S/C9H10ClF2NO/c10-7-1-2-8(13)6(3-7)4-14-5-9(11)12/h1-3,9H,4-5,13H2. The zero-order valence-corrected chi connectivity index (χ0v) is 8.10. The Hall–Kier alpha value is -0.870. The van der Waals surface area contributed by atoms with Crippen molar-refractivity contribution in [2.45, 2.75) is 13.0 Å². The quantitative estimate of drug-likeness (QED) is 0.794. The van der Waals surface area contributed by atoms with Gasteiger partial charge in [0.1, 0.15) is 6.61 Å². The van der Waals surface area contributed by atoms with Crippen LogP contribution < -0.4 is 5.73 Å². The Morgan fingerprint density at radius 3 is 2.79 bits per heavy atom. The van der Waals surface area contributed by atoms with Gasteiger partial charge in [-0.25, -0.2) is 8.78 Å². The first kappa shape index (κ1) is 11.2. The van der Waals surface area contributed by atoms with E-state index in [0.717, 1.165) is 0 Å². The molecule has 0 radical (unpaired) electrons. The van der Waals surface area contributed by atoms with Crippen LogP contribution in [0.4, 0.5) is 14.5 Å². The molecule has 14 heavy (non-hydrogen) atoms. The summed E-state index contributed by atoms with van der Waals surface area (Å²) in [6.45, 7) is -0.539. The molecule has 0 aliphatic rings. The second-order valence-electron chi connectivity index (χ2n) is 2.75. The highest BCUT2D eigenvalue weighted by Crippen LogP contribution is 2.18. The molecule has 0 amide bonds. The van der Waals surface area contributed by atoms with Crippen LogP contribution in [0.15, 0.2) is 18.2 Å². The Labute approximate surface area is 85.6 Å². The zero-order chi connectivity index (χ0) is 10.6. The van der Waals surface area contributed by atoms with Gasteiger partial charge in [0.15, 0.2) is 0 Å². The number of nitrogen functional groups attached to an aromatic ring is 1. The largest absolute Gasteiger partial charge is 0.398 e. The molecule has 2 nitrogen and oxygen atoms in total. The number of anilines is 1. The first-order valence-electron chi connectivity index (χ1n) is 3.99. The van der Waals surface area contributed by atoms with E-state index in [1.165, 1.54) is 0 Å². The fourth-order valence-corrected chi connectivity index (χ4v) is 1.15. The van der Waals surface area contributed by atoms with Gasteiger partial charge in [-0.1, -0.05) is 11.6 Å². The number of hydrogen-bond donors (Lipinski definition) is 1. The van der Waals surface area contributed by atoms with Gasteiger partial charge in [0.05, 0.1) is 6.61 Å². The van der Waals surface area contributed by atoms with Gasteiger partial charge in [-0.2, -0.15) is 0 Å². The van der Waals surface area contributed by atoms with Gasteiger partial charge in [-0.15, -0.1) is 0 Å². The SMILES string of the molecule is Nc1ccc(Cl)cc1COCC(F)F. The van der Waals surface area contributed by atoms with Gasteiger partial charge in [0.25, 0.3) is 6.43 Å². The number of benzene rings is 1. The summed E-state index contributed by atoms with van der Waals surface area (Å²) in [5.41, 5.74) is 6.69. The second kappa shape index (κ2) is 5.12. The summed E-state index contributed by atoms with van der Waals surface area (Å²) in [5.74, 6) is 0. The molecule has 5 heteroatoms. The van der Waals surface area contributed by atoms with Crippen LogP contribution >= 0.6 is 11.6 Å². The lowest BCUT2D eigenvalue weighted by Gasteiger charge is -2.06. The summed E-state index contributed by atoms with van der Waals surface area (Å²) < 4.78 is 28.2. The number of rotatable bonds is 4. The summed E-state index contributed by atoms with van der Waals surface area (Å²) in [5, 5.41) is 0.509. The van der Waals surface area contributed by atoms with Gasteiger partial charge in [-0.05, 0) is 18.2 Å². The number of alkyl halides is 2. The van der Waals surface area contributed by atoms with E-state index in [-0.39, 0.29) is 6.61 Å². The van der Waals surface area contributed by atoms with Crippen LogP contribution in [-0.2, 0) is 11.3 Å². The molecule has 1 rings (SSSR count). The highest BCUT2D eigenvalue weighted by molar-refractivity contribution is 6.30. The minimum atomic E-state index is -2.46. The summed E-state index contributed by atoms with van der Waals surface area (Å²) in [4.78, 5) is 0. The number of nitrogens with two attached hydrogens (primary N) is 1. The van der Waals surface area contributed by atoms with Gasteiger partial charge in [-0.3, -0.25) is 0 Å². The Morgan fingerprint density at radius 2 is 2.14 bits per heavy atom. The molecule has 0 heterocycles. The van der Waals surface area contributed by atoms with Gasteiger partial charge >= 0.3 is 0 Å². The van der Waals surface area contributed by atoms with Gasteiger partial charge in [0.2, 0.25) is 0 Å². The van der Waals surface area contributed by atoms with E-state index in [9.17, 15) is 8.78 Å². The second-order valence-corrected chi connectivity index (χ2v) is 3.19. The molecular formula is C9H10ClF2NO. The van der Waals surface area contributed by atoms with Crippen molar-refractivity contribution in [3.63, 3.8) is 0 Å². The Bertz CT molecular complexity index is 307. The smallest absolute Gasteiger partial charge is 0.261 e. The third-order valence-electron chi connectivity index (χ3n) is 1.61. The van der Waals surface area contributed by atoms with Crippen molar-refractivity contribution in [1.82, 2.24) is 0 Å². The Kier molecular flexibility index (Phi) is 4.10. The van der Waals surface area contributed by atoms with Crippen molar-refractivity contribution in [2.75, 3.05) is 12.3 Å². The lowest BCUT2D eigenvalue weighted by atomic mass is 10.2. The fourth-order valence-electron chi connectivity index (χ4n) is 0.957. The molecule has 0 bridgehead atoms. The van der Waals surface area contributed by atoms with E-state index in [0.29, 0.717) is 16.3 Å². The van der Waals surface area contributed by atoms with Crippen molar-refractivity contribution >= 4 is 17.3 Å². The molecule has 2 N–H and O–H groups in total. The van der Waals surface area contributed by atoms with E-state index in [1.54, 1.807) is 18.2 Å². The average molecular weight is 222 g/mol. The highest BCUT2D eigenvalue weighted by Gasteiger charge is 2.04.